The normalized spacial score (nSPS) is 12.2. The molecule has 4 N–H and O–H groups in total. The van der Waals surface area contributed by atoms with Crippen molar-refractivity contribution in [2.24, 2.45) is 10.7 Å². The first-order chi connectivity index (χ1) is 12.8. The summed E-state index contributed by atoms with van der Waals surface area (Å²) in [6.45, 7) is 4.35. The maximum absolute atomic E-state index is 11.6. The van der Waals surface area contributed by atoms with Crippen LogP contribution in [0.5, 0.6) is 5.75 Å². The second kappa shape index (κ2) is 9.38. The number of sulfonamides is 1. The van der Waals surface area contributed by atoms with Crippen LogP contribution in [0.3, 0.4) is 0 Å². The van der Waals surface area contributed by atoms with Crippen LogP contribution in [0.4, 0.5) is 5.69 Å². The summed E-state index contributed by atoms with van der Waals surface area (Å²) < 4.78 is 31.0. The van der Waals surface area contributed by atoms with Crippen LogP contribution < -0.4 is 20.5 Å². The smallest absolute Gasteiger partial charge is 0.215 e. The minimum Gasteiger partial charge on any atom is -0.491 e. The van der Waals surface area contributed by atoms with Crippen molar-refractivity contribution in [2.45, 2.75) is 32.2 Å². The van der Waals surface area contributed by atoms with Crippen LogP contribution >= 0.6 is 0 Å². The molecule has 0 heterocycles. The topological polar surface area (TPSA) is 106 Å². The van der Waals surface area contributed by atoms with Gasteiger partial charge in [0.05, 0.1) is 18.4 Å². The minimum absolute atomic E-state index is 0.0484. The molecule has 0 unspecified atom stereocenters. The Balaban J connectivity index is 1.91. The molecule has 0 atom stereocenters. The van der Waals surface area contributed by atoms with Crippen LogP contribution in [0.15, 0.2) is 53.5 Å². The van der Waals surface area contributed by atoms with E-state index in [-0.39, 0.29) is 11.9 Å². The van der Waals surface area contributed by atoms with Crippen molar-refractivity contribution in [1.29, 1.82) is 0 Å². The third-order valence-corrected chi connectivity index (χ3v) is 4.96. The number of guanidine groups is 1. The van der Waals surface area contributed by atoms with Gasteiger partial charge in [-0.15, -0.1) is 0 Å². The molecule has 0 spiro atoms. The molecule has 2 aromatic carbocycles. The summed E-state index contributed by atoms with van der Waals surface area (Å²) in [7, 11) is -1.87. The van der Waals surface area contributed by atoms with Crippen LogP contribution in [0.25, 0.3) is 0 Å². The summed E-state index contributed by atoms with van der Waals surface area (Å²) in [5, 5.41) is 3.03. The Hall–Kier alpha value is -2.58. The van der Waals surface area contributed by atoms with E-state index >= 15 is 0 Å². The van der Waals surface area contributed by atoms with Crippen molar-refractivity contribution >= 4 is 21.7 Å². The van der Waals surface area contributed by atoms with Gasteiger partial charge >= 0.3 is 0 Å². The molecule has 7 nitrogen and oxygen atoms in total. The summed E-state index contributed by atoms with van der Waals surface area (Å²) in [6, 6.07) is 14.7. The zero-order valence-corrected chi connectivity index (χ0v) is 16.6. The highest BCUT2D eigenvalue weighted by molar-refractivity contribution is 7.88. The molecular weight excluding hydrogens is 364 g/mol. The van der Waals surface area contributed by atoms with Crippen molar-refractivity contribution in [3.05, 3.63) is 59.7 Å². The molecule has 146 valence electrons. The van der Waals surface area contributed by atoms with Crippen molar-refractivity contribution in [2.75, 3.05) is 12.4 Å². The van der Waals surface area contributed by atoms with Crippen molar-refractivity contribution in [1.82, 2.24) is 4.72 Å². The standard InChI is InChI=1S/C19H26N4O3S/c1-14(2)26-18-10-8-17(9-11-18)23-19(20)22-12-15-4-6-16(7-5-15)13-27(24,25)21-3/h4-11,14,21H,12-13H2,1-3H3,(H3,20,22,23). The number of anilines is 1. The minimum atomic E-state index is -3.27. The molecule has 0 bridgehead atoms. The Morgan fingerprint density at radius 3 is 2.22 bits per heavy atom. The van der Waals surface area contributed by atoms with Crippen LogP contribution in [-0.4, -0.2) is 27.5 Å². The highest BCUT2D eigenvalue weighted by Crippen LogP contribution is 2.16. The second-order valence-corrected chi connectivity index (χ2v) is 8.22. The molecular formula is C19H26N4O3S. The maximum Gasteiger partial charge on any atom is 0.215 e. The summed E-state index contributed by atoms with van der Waals surface area (Å²) >= 11 is 0. The molecule has 2 aromatic rings. The van der Waals surface area contributed by atoms with Gasteiger partial charge in [0.2, 0.25) is 10.0 Å². The number of nitrogens with two attached hydrogens (primary N) is 1. The Bertz CT molecular complexity index is 861. The van der Waals surface area contributed by atoms with E-state index in [4.69, 9.17) is 10.5 Å². The zero-order valence-electron chi connectivity index (χ0n) is 15.8. The molecule has 0 aromatic heterocycles. The number of nitrogens with one attached hydrogen (secondary N) is 2. The van der Waals surface area contributed by atoms with E-state index in [2.05, 4.69) is 15.0 Å². The van der Waals surface area contributed by atoms with Gasteiger partial charge in [-0.2, -0.15) is 0 Å². The molecule has 0 aliphatic heterocycles. The van der Waals surface area contributed by atoms with E-state index in [0.717, 1.165) is 17.0 Å². The fourth-order valence-electron chi connectivity index (χ4n) is 2.29. The first-order valence-electron chi connectivity index (χ1n) is 8.60. The Labute approximate surface area is 160 Å². The van der Waals surface area contributed by atoms with Crippen LogP contribution in [0, 0.1) is 0 Å². The number of ether oxygens (including phenoxy) is 1. The van der Waals surface area contributed by atoms with Gasteiger partial charge in [0.25, 0.3) is 0 Å². The Morgan fingerprint density at radius 2 is 1.67 bits per heavy atom. The summed E-state index contributed by atoms with van der Waals surface area (Å²) in [6.07, 6.45) is 0.125. The van der Waals surface area contributed by atoms with Gasteiger partial charge < -0.3 is 15.8 Å². The van der Waals surface area contributed by atoms with Gasteiger partial charge in [-0.1, -0.05) is 24.3 Å². The fraction of sp³-hybridized carbons (Fsp3) is 0.316. The van der Waals surface area contributed by atoms with Crippen molar-refractivity contribution < 1.29 is 13.2 Å². The van der Waals surface area contributed by atoms with E-state index in [1.165, 1.54) is 7.05 Å². The monoisotopic (exact) mass is 390 g/mol. The molecule has 0 saturated heterocycles. The van der Waals surface area contributed by atoms with E-state index in [9.17, 15) is 8.42 Å². The van der Waals surface area contributed by atoms with E-state index in [1.807, 2.05) is 50.2 Å². The highest BCUT2D eigenvalue weighted by Gasteiger charge is 2.08. The predicted octanol–water partition coefficient (Wildman–Crippen LogP) is 2.45. The Kier molecular flexibility index (Phi) is 7.20. The lowest BCUT2D eigenvalue weighted by molar-refractivity contribution is 0.242. The summed E-state index contributed by atoms with van der Waals surface area (Å²) in [5.41, 5.74) is 8.39. The van der Waals surface area contributed by atoms with Crippen LogP contribution in [-0.2, 0) is 22.3 Å². The number of benzene rings is 2. The Morgan fingerprint density at radius 1 is 1.07 bits per heavy atom. The SMILES string of the molecule is CNS(=O)(=O)Cc1ccc(CN=C(N)Nc2ccc(OC(C)C)cc2)cc1. The average Bonchev–Trinajstić information content (AvgIpc) is 2.62. The molecule has 0 saturated carbocycles. The number of rotatable bonds is 8. The third kappa shape index (κ3) is 7.28. The molecule has 0 radical (unpaired) electrons. The van der Waals surface area contributed by atoms with Gasteiger partial charge in [-0.05, 0) is 56.3 Å². The number of hydrogen-bond donors (Lipinski definition) is 3. The van der Waals surface area contributed by atoms with Crippen molar-refractivity contribution in [3.63, 3.8) is 0 Å². The number of nitrogens with zero attached hydrogens (tertiary/aromatic N) is 1. The largest absolute Gasteiger partial charge is 0.491 e. The number of hydrogen-bond acceptors (Lipinski definition) is 4. The average molecular weight is 391 g/mol. The zero-order chi connectivity index (χ0) is 19.9. The number of aliphatic imine (C=N–C) groups is 1. The van der Waals surface area contributed by atoms with Gasteiger partial charge in [0.15, 0.2) is 5.96 Å². The van der Waals surface area contributed by atoms with Gasteiger partial charge in [0, 0.05) is 5.69 Å². The molecule has 0 aliphatic carbocycles. The lowest BCUT2D eigenvalue weighted by Crippen LogP contribution is -2.22. The fourth-order valence-corrected chi connectivity index (χ4v) is 3.06. The quantitative estimate of drug-likeness (QED) is 0.474. The van der Waals surface area contributed by atoms with E-state index in [0.29, 0.717) is 18.1 Å². The predicted molar refractivity (Wildman–Crippen MR) is 109 cm³/mol. The van der Waals surface area contributed by atoms with Gasteiger partial charge in [-0.3, -0.25) is 0 Å². The maximum atomic E-state index is 11.6. The molecule has 27 heavy (non-hydrogen) atoms. The molecule has 0 fully saturated rings. The molecule has 0 amide bonds. The second-order valence-electron chi connectivity index (χ2n) is 6.30. The summed E-state index contributed by atoms with van der Waals surface area (Å²) in [5.74, 6) is 1.05. The van der Waals surface area contributed by atoms with E-state index in [1.54, 1.807) is 12.1 Å². The summed E-state index contributed by atoms with van der Waals surface area (Å²) in [4.78, 5) is 4.30. The molecule has 2 rings (SSSR count). The first kappa shape index (κ1) is 20.7. The molecule has 0 aliphatic rings. The lowest BCUT2D eigenvalue weighted by atomic mass is 10.1. The molecule has 8 heteroatoms. The third-order valence-electron chi connectivity index (χ3n) is 3.62. The van der Waals surface area contributed by atoms with Crippen LogP contribution in [0.2, 0.25) is 0 Å². The highest BCUT2D eigenvalue weighted by atomic mass is 32.2. The van der Waals surface area contributed by atoms with Crippen molar-refractivity contribution in [3.8, 4) is 5.75 Å². The van der Waals surface area contributed by atoms with E-state index < -0.39 is 10.0 Å². The van der Waals surface area contributed by atoms with Gasteiger partial charge in [-0.25, -0.2) is 18.1 Å². The lowest BCUT2D eigenvalue weighted by Gasteiger charge is -2.11. The first-order valence-corrected chi connectivity index (χ1v) is 10.3. The van der Waals surface area contributed by atoms with Crippen LogP contribution in [0.1, 0.15) is 25.0 Å². The van der Waals surface area contributed by atoms with Gasteiger partial charge in [0.1, 0.15) is 5.75 Å².